The maximum atomic E-state index is 6.15. The summed E-state index contributed by atoms with van der Waals surface area (Å²) in [4.78, 5) is 2.53. The van der Waals surface area contributed by atoms with Crippen LogP contribution in [0.4, 0.5) is 0 Å². The zero-order chi connectivity index (χ0) is 13.8. The molecule has 1 aromatic rings. The van der Waals surface area contributed by atoms with Crippen LogP contribution in [0.5, 0.6) is 5.75 Å². The fourth-order valence-corrected chi connectivity index (χ4v) is 3.29. The second-order valence-corrected chi connectivity index (χ2v) is 6.01. The van der Waals surface area contributed by atoms with Crippen LogP contribution in [0.3, 0.4) is 0 Å². The van der Waals surface area contributed by atoms with Crippen molar-refractivity contribution >= 4 is 0 Å². The summed E-state index contributed by atoms with van der Waals surface area (Å²) in [5, 5.41) is 3.45. The lowest BCUT2D eigenvalue weighted by molar-refractivity contribution is 0.145. The van der Waals surface area contributed by atoms with Gasteiger partial charge in [-0.15, -0.1) is 0 Å². The van der Waals surface area contributed by atoms with Gasteiger partial charge in [-0.05, 0) is 63.0 Å². The molecule has 3 heteroatoms. The predicted molar refractivity (Wildman–Crippen MR) is 82.2 cm³/mol. The molecule has 0 unspecified atom stereocenters. The molecule has 3 rings (SSSR count). The first kappa shape index (κ1) is 13.9. The van der Waals surface area contributed by atoms with E-state index in [1.165, 1.54) is 43.6 Å². The Bertz CT molecular complexity index is 439. The third-order valence-corrected chi connectivity index (χ3v) is 4.73. The van der Waals surface area contributed by atoms with Crippen molar-refractivity contribution in [2.24, 2.45) is 5.92 Å². The van der Waals surface area contributed by atoms with Crippen molar-refractivity contribution in [3.05, 3.63) is 29.3 Å². The van der Waals surface area contributed by atoms with E-state index >= 15 is 0 Å². The Hall–Kier alpha value is -1.06. The van der Waals surface area contributed by atoms with Crippen LogP contribution in [0.25, 0.3) is 0 Å². The van der Waals surface area contributed by atoms with Gasteiger partial charge in [0.25, 0.3) is 0 Å². The molecule has 1 N–H and O–H groups in total. The number of nitrogens with zero attached hydrogens (tertiary/aromatic N) is 1. The van der Waals surface area contributed by atoms with Gasteiger partial charge >= 0.3 is 0 Å². The first-order valence-corrected chi connectivity index (χ1v) is 8.03. The molecule has 2 heterocycles. The summed E-state index contributed by atoms with van der Waals surface area (Å²) >= 11 is 0. The molecule has 20 heavy (non-hydrogen) atoms. The minimum Gasteiger partial charge on any atom is -0.493 e. The number of hydrogen-bond acceptors (Lipinski definition) is 3. The van der Waals surface area contributed by atoms with E-state index in [4.69, 9.17) is 4.74 Å². The zero-order valence-corrected chi connectivity index (χ0v) is 12.5. The van der Waals surface area contributed by atoms with E-state index in [1.807, 2.05) is 0 Å². The first-order valence-electron chi connectivity index (χ1n) is 8.03. The third-order valence-electron chi connectivity index (χ3n) is 4.73. The molecule has 1 fully saturated rings. The van der Waals surface area contributed by atoms with Gasteiger partial charge in [0.2, 0.25) is 0 Å². The van der Waals surface area contributed by atoms with E-state index in [-0.39, 0.29) is 0 Å². The van der Waals surface area contributed by atoms with Crippen LogP contribution < -0.4 is 10.1 Å². The van der Waals surface area contributed by atoms with Crippen LogP contribution in [0.2, 0.25) is 0 Å². The van der Waals surface area contributed by atoms with Gasteiger partial charge < -0.3 is 15.0 Å². The van der Waals surface area contributed by atoms with Gasteiger partial charge in [0.15, 0.2) is 0 Å². The highest BCUT2D eigenvalue weighted by Crippen LogP contribution is 2.26. The molecule has 0 radical (unpaired) electrons. The highest BCUT2D eigenvalue weighted by molar-refractivity contribution is 5.41. The quantitative estimate of drug-likeness (QED) is 0.912. The average molecular weight is 274 g/mol. The van der Waals surface area contributed by atoms with Crippen LogP contribution in [0, 0.1) is 5.92 Å². The van der Waals surface area contributed by atoms with Crippen molar-refractivity contribution < 1.29 is 4.74 Å². The largest absolute Gasteiger partial charge is 0.493 e. The maximum Gasteiger partial charge on any atom is 0.124 e. The Balaban J connectivity index is 1.56. The minimum atomic E-state index is 0.727. The molecule has 0 bridgehead atoms. The Kier molecular flexibility index (Phi) is 4.58. The van der Waals surface area contributed by atoms with Gasteiger partial charge in [0.1, 0.15) is 5.75 Å². The molecule has 3 nitrogen and oxygen atoms in total. The number of nitrogens with one attached hydrogen (secondary N) is 1. The van der Waals surface area contributed by atoms with E-state index in [9.17, 15) is 0 Å². The van der Waals surface area contributed by atoms with Crippen LogP contribution in [-0.2, 0) is 13.0 Å². The SMILES string of the molecule is CCN1CCC(COc2cccc3c2CNCC3)CC1. The highest BCUT2D eigenvalue weighted by Gasteiger charge is 2.20. The molecule has 1 aromatic carbocycles. The number of rotatable bonds is 4. The molecule has 1 saturated heterocycles. The normalized spacial score (nSPS) is 20.6. The molecule has 0 saturated carbocycles. The van der Waals surface area contributed by atoms with E-state index in [0.717, 1.165) is 37.8 Å². The molecule has 0 amide bonds. The number of likely N-dealkylation sites (tertiary alicyclic amines) is 1. The second kappa shape index (κ2) is 6.59. The molecule has 110 valence electrons. The summed E-state index contributed by atoms with van der Waals surface area (Å²) in [6.07, 6.45) is 3.68. The maximum absolute atomic E-state index is 6.15. The van der Waals surface area contributed by atoms with Crippen molar-refractivity contribution in [1.82, 2.24) is 10.2 Å². The van der Waals surface area contributed by atoms with Gasteiger partial charge in [-0.25, -0.2) is 0 Å². The smallest absolute Gasteiger partial charge is 0.124 e. The molecule has 2 aliphatic heterocycles. The Morgan fingerprint density at radius 3 is 2.95 bits per heavy atom. The molecule has 0 aromatic heterocycles. The van der Waals surface area contributed by atoms with Crippen LogP contribution in [0.15, 0.2) is 18.2 Å². The Morgan fingerprint density at radius 2 is 2.15 bits per heavy atom. The number of hydrogen-bond donors (Lipinski definition) is 1. The standard InChI is InChI=1S/C17H26N2O/c1-2-19-10-7-14(8-11-19)13-20-17-5-3-4-15-6-9-18-12-16(15)17/h3-5,14,18H,2,6-13H2,1H3. The lowest BCUT2D eigenvalue weighted by Gasteiger charge is -2.31. The van der Waals surface area contributed by atoms with Gasteiger partial charge in [-0.1, -0.05) is 19.1 Å². The molecule has 0 spiro atoms. The number of piperidine rings is 1. The van der Waals surface area contributed by atoms with E-state index in [0.29, 0.717) is 0 Å². The van der Waals surface area contributed by atoms with E-state index < -0.39 is 0 Å². The van der Waals surface area contributed by atoms with Gasteiger partial charge in [0.05, 0.1) is 6.61 Å². The van der Waals surface area contributed by atoms with Crippen molar-refractivity contribution in [3.8, 4) is 5.75 Å². The fraction of sp³-hybridized carbons (Fsp3) is 0.647. The average Bonchev–Trinajstić information content (AvgIpc) is 2.53. The third kappa shape index (κ3) is 3.15. The van der Waals surface area contributed by atoms with Crippen molar-refractivity contribution in [2.45, 2.75) is 32.7 Å². The molecule has 0 atom stereocenters. The summed E-state index contributed by atoms with van der Waals surface area (Å²) in [6.45, 7) is 8.84. The number of benzene rings is 1. The lowest BCUT2D eigenvalue weighted by Crippen LogP contribution is -2.35. The lowest BCUT2D eigenvalue weighted by atomic mass is 9.97. The van der Waals surface area contributed by atoms with Gasteiger partial charge in [0, 0.05) is 12.1 Å². The van der Waals surface area contributed by atoms with Crippen LogP contribution >= 0.6 is 0 Å². The van der Waals surface area contributed by atoms with Gasteiger partial charge in [-0.3, -0.25) is 0 Å². The molecule has 2 aliphatic rings. The summed E-state index contributed by atoms with van der Waals surface area (Å²) in [5.41, 5.74) is 2.84. The highest BCUT2D eigenvalue weighted by atomic mass is 16.5. The Morgan fingerprint density at radius 1 is 1.30 bits per heavy atom. The van der Waals surface area contributed by atoms with Crippen molar-refractivity contribution in [3.63, 3.8) is 0 Å². The van der Waals surface area contributed by atoms with Crippen LogP contribution in [-0.4, -0.2) is 37.7 Å². The molecule has 0 aliphatic carbocycles. The fourth-order valence-electron chi connectivity index (χ4n) is 3.29. The second-order valence-electron chi connectivity index (χ2n) is 6.01. The van der Waals surface area contributed by atoms with Crippen molar-refractivity contribution in [1.29, 1.82) is 0 Å². The summed E-state index contributed by atoms with van der Waals surface area (Å²) in [5.74, 6) is 1.83. The topological polar surface area (TPSA) is 24.5 Å². The summed E-state index contributed by atoms with van der Waals surface area (Å²) < 4.78 is 6.15. The Labute approximate surface area is 122 Å². The monoisotopic (exact) mass is 274 g/mol. The number of ether oxygens (including phenoxy) is 1. The van der Waals surface area contributed by atoms with Crippen molar-refractivity contribution in [2.75, 3.05) is 32.8 Å². The predicted octanol–water partition coefficient (Wildman–Crippen LogP) is 2.44. The summed E-state index contributed by atoms with van der Waals surface area (Å²) in [6, 6.07) is 6.51. The van der Waals surface area contributed by atoms with E-state index in [2.05, 4.69) is 35.3 Å². The summed E-state index contributed by atoms with van der Waals surface area (Å²) in [7, 11) is 0. The molecular formula is C17H26N2O. The zero-order valence-electron chi connectivity index (χ0n) is 12.5. The minimum absolute atomic E-state index is 0.727. The van der Waals surface area contributed by atoms with Gasteiger partial charge in [-0.2, -0.15) is 0 Å². The first-order chi connectivity index (χ1) is 9.86. The molecular weight excluding hydrogens is 248 g/mol. The van der Waals surface area contributed by atoms with Crippen LogP contribution in [0.1, 0.15) is 30.9 Å². The van der Waals surface area contributed by atoms with E-state index in [1.54, 1.807) is 0 Å². The number of fused-ring (bicyclic) bond motifs is 1.